The van der Waals surface area contributed by atoms with E-state index in [2.05, 4.69) is 12.2 Å². The number of nitrogens with zero attached hydrogens (tertiary/aromatic N) is 1. The predicted octanol–water partition coefficient (Wildman–Crippen LogP) is 3.87. The van der Waals surface area contributed by atoms with Crippen LogP contribution in [0, 0.1) is 0 Å². The molecule has 0 spiro atoms. The zero-order valence-corrected chi connectivity index (χ0v) is 15.2. The van der Waals surface area contributed by atoms with Crippen molar-refractivity contribution in [1.29, 1.82) is 0 Å². The number of hydrogen-bond acceptors (Lipinski definition) is 3. The van der Waals surface area contributed by atoms with E-state index in [9.17, 15) is 4.79 Å². The van der Waals surface area contributed by atoms with Crippen LogP contribution in [-0.4, -0.2) is 41.8 Å². The van der Waals surface area contributed by atoms with E-state index < -0.39 is 5.60 Å². The number of nitrogens with one attached hydrogen (secondary N) is 1. The molecule has 0 saturated carbocycles. The fraction of sp³-hybridized carbons (Fsp3) is 0.611. The zero-order valence-electron chi connectivity index (χ0n) is 14.4. The second-order valence-corrected chi connectivity index (χ2v) is 7.57. The molecule has 0 aromatic heterocycles. The van der Waals surface area contributed by atoms with Gasteiger partial charge in [-0.2, -0.15) is 0 Å². The minimum atomic E-state index is -0.466. The molecule has 1 fully saturated rings. The number of amides is 1. The summed E-state index contributed by atoms with van der Waals surface area (Å²) in [5.74, 6) is 0. The molecule has 2 atom stereocenters. The Labute approximate surface area is 144 Å². The van der Waals surface area contributed by atoms with Gasteiger partial charge in [0.05, 0.1) is 0 Å². The van der Waals surface area contributed by atoms with E-state index in [-0.39, 0.29) is 18.2 Å². The first-order valence-corrected chi connectivity index (χ1v) is 8.63. The number of halogens is 1. The largest absolute Gasteiger partial charge is 0.444 e. The second kappa shape index (κ2) is 7.54. The SMILES string of the molecule is CC[C@H]1CN[C@@H](Cc2ccc(Cl)cc2)CN1C(=O)OC(C)(C)C. The second-order valence-electron chi connectivity index (χ2n) is 7.13. The number of carbonyl (C=O) groups is 1. The molecule has 1 heterocycles. The van der Waals surface area contributed by atoms with Crippen molar-refractivity contribution in [2.24, 2.45) is 0 Å². The molecule has 0 bridgehead atoms. The number of piperazine rings is 1. The van der Waals surface area contributed by atoms with Crippen LogP contribution in [0.25, 0.3) is 0 Å². The summed E-state index contributed by atoms with van der Waals surface area (Å²) in [6, 6.07) is 8.29. The topological polar surface area (TPSA) is 41.6 Å². The normalized spacial score (nSPS) is 22.0. The highest BCUT2D eigenvalue weighted by atomic mass is 35.5. The fourth-order valence-corrected chi connectivity index (χ4v) is 2.94. The van der Waals surface area contributed by atoms with Gasteiger partial charge < -0.3 is 15.0 Å². The molecule has 4 nitrogen and oxygen atoms in total. The maximum Gasteiger partial charge on any atom is 0.410 e. The molecule has 1 amide bonds. The van der Waals surface area contributed by atoms with Gasteiger partial charge in [0.15, 0.2) is 0 Å². The summed E-state index contributed by atoms with van der Waals surface area (Å²) < 4.78 is 5.57. The zero-order chi connectivity index (χ0) is 17.0. The van der Waals surface area contributed by atoms with Crippen molar-refractivity contribution in [2.75, 3.05) is 13.1 Å². The summed E-state index contributed by atoms with van der Waals surface area (Å²) in [6.45, 7) is 9.27. The lowest BCUT2D eigenvalue weighted by Crippen LogP contribution is -2.59. The number of hydrogen-bond donors (Lipinski definition) is 1. The van der Waals surface area contributed by atoms with Crippen LogP contribution in [0.3, 0.4) is 0 Å². The summed E-state index contributed by atoms with van der Waals surface area (Å²) in [7, 11) is 0. The first-order chi connectivity index (χ1) is 10.8. The Morgan fingerprint density at radius 3 is 2.57 bits per heavy atom. The van der Waals surface area contributed by atoms with Crippen LogP contribution < -0.4 is 5.32 Å². The Hall–Kier alpha value is -1.26. The van der Waals surface area contributed by atoms with Crippen molar-refractivity contribution in [3.05, 3.63) is 34.9 Å². The van der Waals surface area contributed by atoms with E-state index >= 15 is 0 Å². The lowest BCUT2D eigenvalue weighted by molar-refractivity contribution is 0.00700. The summed E-state index contributed by atoms with van der Waals surface area (Å²) in [6.07, 6.45) is 1.57. The van der Waals surface area contributed by atoms with Crippen molar-refractivity contribution in [2.45, 2.75) is 58.2 Å². The number of benzene rings is 1. The molecular formula is C18H27ClN2O2. The molecule has 5 heteroatoms. The van der Waals surface area contributed by atoms with Crippen LogP contribution in [0.1, 0.15) is 39.7 Å². The van der Waals surface area contributed by atoms with Crippen LogP contribution in [0.2, 0.25) is 5.02 Å². The van der Waals surface area contributed by atoms with Crippen molar-refractivity contribution in [3.8, 4) is 0 Å². The van der Waals surface area contributed by atoms with Crippen LogP contribution in [-0.2, 0) is 11.2 Å². The quantitative estimate of drug-likeness (QED) is 0.909. The average Bonchev–Trinajstić information content (AvgIpc) is 2.48. The molecule has 1 N–H and O–H groups in total. The van der Waals surface area contributed by atoms with Gasteiger partial charge in [-0.3, -0.25) is 0 Å². The lowest BCUT2D eigenvalue weighted by atomic mass is 10.0. The summed E-state index contributed by atoms with van der Waals surface area (Å²) in [5.41, 5.74) is 0.748. The van der Waals surface area contributed by atoms with Crippen molar-refractivity contribution >= 4 is 17.7 Å². The molecule has 0 aliphatic carbocycles. The molecule has 2 rings (SSSR count). The molecule has 1 aliphatic heterocycles. The molecule has 128 valence electrons. The molecule has 1 aromatic carbocycles. The Balaban J connectivity index is 2.02. The minimum absolute atomic E-state index is 0.186. The van der Waals surface area contributed by atoms with Crippen LogP contribution in [0.4, 0.5) is 4.79 Å². The number of rotatable bonds is 3. The van der Waals surface area contributed by atoms with Gasteiger partial charge in [0, 0.05) is 30.2 Å². The highest BCUT2D eigenvalue weighted by Crippen LogP contribution is 2.18. The average molecular weight is 339 g/mol. The molecule has 1 aliphatic rings. The van der Waals surface area contributed by atoms with E-state index in [1.54, 1.807) is 0 Å². The third kappa shape index (κ3) is 5.40. The lowest BCUT2D eigenvalue weighted by Gasteiger charge is -2.40. The van der Waals surface area contributed by atoms with Gasteiger partial charge >= 0.3 is 6.09 Å². The van der Waals surface area contributed by atoms with Crippen LogP contribution in [0.5, 0.6) is 0 Å². The Kier molecular flexibility index (Phi) is 5.93. The molecule has 1 saturated heterocycles. The van der Waals surface area contributed by atoms with Gasteiger partial charge in [0.25, 0.3) is 0 Å². The predicted molar refractivity (Wildman–Crippen MR) is 94.0 cm³/mol. The Morgan fingerprint density at radius 1 is 1.35 bits per heavy atom. The van der Waals surface area contributed by atoms with Gasteiger partial charge in [-0.15, -0.1) is 0 Å². The monoisotopic (exact) mass is 338 g/mol. The maximum absolute atomic E-state index is 12.5. The molecule has 0 unspecified atom stereocenters. The third-order valence-electron chi connectivity index (χ3n) is 3.99. The summed E-state index contributed by atoms with van der Waals surface area (Å²) in [4.78, 5) is 14.4. The van der Waals surface area contributed by atoms with Gasteiger partial charge in [-0.05, 0) is 51.3 Å². The first-order valence-electron chi connectivity index (χ1n) is 8.26. The Morgan fingerprint density at radius 2 is 2.00 bits per heavy atom. The maximum atomic E-state index is 12.5. The molecular weight excluding hydrogens is 312 g/mol. The molecule has 23 heavy (non-hydrogen) atoms. The Bertz CT molecular complexity index is 525. The van der Waals surface area contributed by atoms with Crippen LogP contribution >= 0.6 is 11.6 Å². The number of ether oxygens (including phenoxy) is 1. The van der Waals surface area contributed by atoms with E-state index in [1.165, 1.54) is 5.56 Å². The fourth-order valence-electron chi connectivity index (χ4n) is 2.81. The minimum Gasteiger partial charge on any atom is -0.444 e. The van der Waals surface area contributed by atoms with E-state index in [0.29, 0.717) is 6.54 Å². The third-order valence-corrected chi connectivity index (χ3v) is 4.25. The highest BCUT2D eigenvalue weighted by Gasteiger charge is 2.33. The molecule has 1 aromatic rings. The van der Waals surface area contributed by atoms with Gasteiger partial charge in [0.2, 0.25) is 0 Å². The van der Waals surface area contributed by atoms with E-state index in [1.807, 2.05) is 49.9 Å². The van der Waals surface area contributed by atoms with Gasteiger partial charge in [0.1, 0.15) is 5.60 Å². The van der Waals surface area contributed by atoms with Crippen molar-refractivity contribution in [3.63, 3.8) is 0 Å². The first kappa shape index (κ1) is 18.1. The van der Waals surface area contributed by atoms with Gasteiger partial charge in [-0.25, -0.2) is 4.79 Å². The van der Waals surface area contributed by atoms with Gasteiger partial charge in [-0.1, -0.05) is 30.7 Å². The smallest absolute Gasteiger partial charge is 0.410 e. The van der Waals surface area contributed by atoms with Crippen LogP contribution in [0.15, 0.2) is 24.3 Å². The molecule has 0 radical (unpaired) electrons. The number of carbonyl (C=O) groups excluding carboxylic acids is 1. The van der Waals surface area contributed by atoms with E-state index in [4.69, 9.17) is 16.3 Å². The highest BCUT2D eigenvalue weighted by molar-refractivity contribution is 6.30. The standard InChI is InChI=1S/C18H27ClN2O2/c1-5-16-11-20-15(10-13-6-8-14(19)9-7-13)12-21(16)17(22)23-18(2,3)4/h6-9,15-16,20H,5,10-12H2,1-4H3/t15-,16-/m0/s1. The summed E-state index contributed by atoms with van der Waals surface area (Å²) in [5, 5.41) is 4.29. The van der Waals surface area contributed by atoms with Crippen molar-refractivity contribution < 1.29 is 9.53 Å². The summed E-state index contributed by atoms with van der Waals surface area (Å²) >= 11 is 5.93. The van der Waals surface area contributed by atoms with Crippen molar-refractivity contribution in [1.82, 2.24) is 10.2 Å². The van der Waals surface area contributed by atoms with E-state index in [0.717, 1.165) is 24.4 Å².